The van der Waals surface area contributed by atoms with Crippen LogP contribution in [0.2, 0.25) is 0 Å². The number of para-hydroxylation sites is 1. The number of nitrogens with one attached hydrogen (secondary N) is 1. The van der Waals surface area contributed by atoms with Crippen molar-refractivity contribution in [2.24, 2.45) is 14.1 Å². The van der Waals surface area contributed by atoms with E-state index in [0.29, 0.717) is 11.2 Å². The van der Waals surface area contributed by atoms with E-state index in [2.05, 4.69) is 5.32 Å². The van der Waals surface area contributed by atoms with Gasteiger partial charge >= 0.3 is 5.69 Å². The van der Waals surface area contributed by atoms with Crippen molar-refractivity contribution in [2.75, 3.05) is 18.9 Å². The quantitative estimate of drug-likeness (QED) is 0.644. The molecule has 30 heavy (non-hydrogen) atoms. The molecule has 0 bridgehead atoms. The second-order valence-corrected chi connectivity index (χ2v) is 9.05. The highest BCUT2D eigenvalue weighted by Gasteiger charge is 2.24. The van der Waals surface area contributed by atoms with Crippen LogP contribution in [0.15, 0.2) is 56.9 Å². The van der Waals surface area contributed by atoms with Crippen LogP contribution >= 0.6 is 0 Å². The number of benzene rings is 2. The summed E-state index contributed by atoms with van der Waals surface area (Å²) >= 11 is 0. The number of carbonyl (C=O) groups excluding carboxylic acids is 1. The lowest BCUT2D eigenvalue weighted by Crippen LogP contribution is -2.37. The van der Waals surface area contributed by atoms with Gasteiger partial charge in [0.25, 0.3) is 5.56 Å². The number of fused-ring (bicyclic) bond motifs is 1. The van der Waals surface area contributed by atoms with Gasteiger partial charge in [-0.25, -0.2) is 13.2 Å². The lowest BCUT2D eigenvalue weighted by molar-refractivity contribution is -0.116. The molecular weight excluding hydrogens is 408 g/mol. The van der Waals surface area contributed by atoms with E-state index in [0.717, 1.165) is 14.4 Å². The molecule has 158 valence electrons. The van der Waals surface area contributed by atoms with E-state index in [9.17, 15) is 22.8 Å². The fraction of sp³-hybridized carbons (Fsp3) is 0.250. The van der Waals surface area contributed by atoms with Crippen LogP contribution in [0, 0.1) is 6.92 Å². The monoisotopic (exact) mass is 430 g/mol. The number of sulfonamides is 1. The van der Waals surface area contributed by atoms with Gasteiger partial charge in [0.05, 0.1) is 22.3 Å². The van der Waals surface area contributed by atoms with E-state index >= 15 is 0 Å². The van der Waals surface area contributed by atoms with Crippen LogP contribution in [0.1, 0.15) is 5.56 Å². The second kappa shape index (κ2) is 7.88. The van der Waals surface area contributed by atoms with E-state index in [-0.39, 0.29) is 10.3 Å². The number of hydrogen-bond donors (Lipinski definition) is 1. The molecule has 0 aliphatic heterocycles. The molecule has 0 aliphatic carbocycles. The van der Waals surface area contributed by atoms with Crippen molar-refractivity contribution in [1.29, 1.82) is 0 Å². The van der Waals surface area contributed by atoms with Gasteiger partial charge in [-0.05, 0) is 36.8 Å². The molecule has 9 nitrogen and oxygen atoms in total. The minimum Gasteiger partial charge on any atom is -0.325 e. The minimum atomic E-state index is -4.04. The van der Waals surface area contributed by atoms with E-state index in [1.807, 2.05) is 19.1 Å². The number of aryl methyl sites for hydroxylation is 2. The molecule has 1 heterocycles. The second-order valence-electron chi connectivity index (χ2n) is 7.01. The van der Waals surface area contributed by atoms with Crippen LogP contribution in [0.25, 0.3) is 10.9 Å². The molecule has 3 rings (SSSR count). The van der Waals surface area contributed by atoms with Gasteiger partial charge in [-0.1, -0.05) is 18.2 Å². The number of anilines is 1. The molecule has 10 heteroatoms. The zero-order valence-electron chi connectivity index (χ0n) is 17.0. The molecule has 0 saturated heterocycles. The first-order valence-corrected chi connectivity index (χ1v) is 10.5. The van der Waals surface area contributed by atoms with E-state index in [1.54, 1.807) is 12.1 Å². The Morgan fingerprint density at radius 1 is 1.07 bits per heavy atom. The number of carbonyl (C=O) groups is 1. The van der Waals surface area contributed by atoms with Gasteiger partial charge in [0.2, 0.25) is 15.9 Å². The van der Waals surface area contributed by atoms with Crippen LogP contribution < -0.4 is 16.6 Å². The average molecular weight is 430 g/mol. The van der Waals surface area contributed by atoms with Gasteiger partial charge in [0.15, 0.2) is 0 Å². The zero-order valence-corrected chi connectivity index (χ0v) is 17.9. The van der Waals surface area contributed by atoms with E-state index in [1.165, 1.54) is 43.9 Å². The summed E-state index contributed by atoms with van der Waals surface area (Å²) in [4.78, 5) is 36.7. The predicted molar refractivity (Wildman–Crippen MR) is 114 cm³/mol. The fourth-order valence-corrected chi connectivity index (χ4v) is 4.26. The number of nitrogens with zero attached hydrogens (tertiary/aromatic N) is 3. The minimum absolute atomic E-state index is 0.0958. The Kier molecular flexibility index (Phi) is 5.64. The lowest BCUT2D eigenvalue weighted by Gasteiger charge is -2.18. The summed E-state index contributed by atoms with van der Waals surface area (Å²) in [5.41, 5.74) is 0.677. The highest BCUT2D eigenvalue weighted by Crippen LogP contribution is 2.19. The first-order chi connectivity index (χ1) is 14.0. The van der Waals surface area contributed by atoms with E-state index in [4.69, 9.17) is 0 Å². The third-order valence-electron chi connectivity index (χ3n) is 4.93. The lowest BCUT2D eigenvalue weighted by atomic mass is 10.2. The fourth-order valence-electron chi connectivity index (χ4n) is 3.11. The molecule has 1 amide bonds. The molecule has 0 fully saturated rings. The molecule has 0 spiro atoms. The highest BCUT2D eigenvalue weighted by atomic mass is 32.2. The standard InChI is InChI=1S/C20H22N4O5S/c1-13-7-5-6-8-16(13)21-18(25)12-22(2)30(28,29)14-9-10-17-15(11-14)19(26)24(4)20(27)23(17)3/h5-11H,12H2,1-4H3,(H,21,25). The number of hydrogen-bond acceptors (Lipinski definition) is 5. The smallest absolute Gasteiger partial charge is 0.325 e. The summed E-state index contributed by atoms with van der Waals surface area (Å²) in [7, 11) is 0.0710. The van der Waals surface area contributed by atoms with Crippen LogP contribution in [0.5, 0.6) is 0 Å². The van der Waals surface area contributed by atoms with Gasteiger partial charge in [-0.2, -0.15) is 4.31 Å². The van der Waals surface area contributed by atoms with Crippen molar-refractivity contribution in [3.63, 3.8) is 0 Å². The molecule has 0 radical (unpaired) electrons. The molecule has 0 aliphatic rings. The zero-order chi connectivity index (χ0) is 22.2. The summed E-state index contributed by atoms with van der Waals surface area (Å²) in [5, 5.41) is 2.78. The topological polar surface area (TPSA) is 110 Å². The van der Waals surface area contributed by atoms with Gasteiger partial charge in [0.1, 0.15) is 0 Å². The predicted octanol–water partition coefficient (Wildman–Crippen LogP) is 0.805. The Morgan fingerprint density at radius 3 is 2.40 bits per heavy atom. The third kappa shape index (κ3) is 3.79. The van der Waals surface area contributed by atoms with Crippen molar-refractivity contribution in [2.45, 2.75) is 11.8 Å². The van der Waals surface area contributed by atoms with Crippen molar-refractivity contribution >= 4 is 32.5 Å². The molecule has 1 aromatic heterocycles. The van der Waals surface area contributed by atoms with Crippen molar-refractivity contribution in [3.8, 4) is 0 Å². The Hall–Kier alpha value is -3.24. The van der Waals surface area contributed by atoms with E-state index < -0.39 is 33.7 Å². The first kappa shape index (κ1) is 21.5. The maximum atomic E-state index is 12.9. The SMILES string of the molecule is Cc1ccccc1NC(=O)CN(C)S(=O)(=O)c1ccc2c(c1)c(=O)n(C)c(=O)n2C. The summed E-state index contributed by atoms with van der Waals surface area (Å²) in [6.07, 6.45) is 0. The summed E-state index contributed by atoms with van der Waals surface area (Å²) in [5.74, 6) is -0.491. The molecule has 0 saturated carbocycles. The third-order valence-corrected chi connectivity index (χ3v) is 6.73. The molecule has 1 N–H and O–H groups in total. The maximum absolute atomic E-state index is 12.9. The molecule has 0 unspecified atom stereocenters. The Labute approximate surface area is 173 Å². The molecule has 0 atom stereocenters. The van der Waals surface area contributed by atoms with Gasteiger partial charge < -0.3 is 5.32 Å². The number of likely N-dealkylation sites (N-methyl/N-ethyl adjacent to an activating group) is 1. The summed E-state index contributed by atoms with van der Waals surface area (Å²) in [6.45, 7) is 1.43. The summed E-state index contributed by atoms with van der Waals surface area (Å²) in [6, 6.07) is 11.1. The van der Waals surface area contributed by atoms with Crippen LogP contribution in [-0.2, 0) is 28.9 Å². The number of rotatable bonds is 5. The van der Waals surface area contributed by atoms with Crippen LogP contribution in [0.3, 0.4) is 0 Å². The average Bonchev–Trinajstić information content (AvgIpc) is 2.71. The van der Waals surface area contributed by atoms with Crippen LogP contribution in [-0.4, -0.2) is 41.4 Å². The maximum Gasteiger partial charge on any atom is 0.330 e. The normalized spacial score (nSPS) is 11.8. The van der Waals surface area contributed by atoms with Crippen LogP contribution in [0.4, 0.5) is 5.69 Å². The molecule has 2 aromatic carbocycles. The number of aromatic nitrogens is 2. The summed E-state index contributed by atoms with van der Waals surface area (Å²) < 4.78 is 29.0. The number of amides is 1. The Balaban J connectivity index is 1.92. The first-order valence-electron chi connectivity index (χ1n) is 9.05. The van der Waals surface area contributed by atoms with Gasteiger partial charge in [-0.15, -0.1) is 0 Å². The van der Waals surface area contributed by atoms with Crippen molar-refractivity contribution in [1.82, 2.24) is 13.4 Å². The molecular formula is C20H22N4O5S. The van der Waals surface area contributed by atoms with Crippen molar-refractivity contribution < 1.29 is 13.2 Å². The Bertz CT molecular complexity index is 1370. The van der Waals surface area contributed by atoms with Gasteiger partial charge in [-0.3, -0.25) is 18.7 Å². The highest BCUT2D eigenvalue weighted by molar-refractivity contribution is 7.89. The van der Waals surface area contributed by atoms with Gasteiger partial charge in [0, 0.05) is 26.8 Å². The van der Waals surface area contributed by atoms with Crippen molar-refractivity contribution in [3.05, 3.63) is 68.9 Å². The Morgan fingerprint density at radius 2 is 1.73 bits per heavy atom. The largest absolute Gasteiger partial charge is 0.330 e. The molecule has 3 aromatic rings.